The number of carbonyl (C=O) groups excluding carboxylic acids is 1. The second-order valence-corrected chi connectivity index (χ2v) is 22.1. The smallest absolute Gasteiger partial charge is 0.338 e. The van der Waals surface area contributed by atoms with Gasteiger partial charge < -0.3 is 9.16 Å². The fraction of sp³-hybridized carbons (Fsp3) is 0.720. The molecule has 2 bridgehead atoms. The summed E-state index contributed by atoms with van der Waals surface area (Å²) < 4.78 is 12.5. The molecule has 2 fully saturated rings. The second-order valence-electron chi connectivity index (χ2n) is 12.0. The van der Waals surface area contributed by atoms with Crippen LogP contribution in [0.5, 0.6) is 0 Å². The molecule has 1 unspecified atom stereocenters. The van der Waals surface area contributed by atoms with Crippen molar-refractivity contribution in [2.45, 2.75) is 102 Å². The number of hydrogen-bond acceptors (Lipinski definition) is 5. The summed E-state index contributed by atoms with van der Waals surface area (Å²) in [7, 11) is -3.58. The van der Waals surface area contributed by atoms with Crippen LogP contribution in [0.3, 0.4) is 0 Å². The van der Waals surface area contributed by atoms with Gasteiger partial charge in [-0.1, -0.05) is 58.6 Å². The molecule has 3 rings (SSSR count). The van der Waals surface area contributed by atoms with E-state index in [0.29, 0.717) is 18.2 Å². The molecular formula is C25H43NO4Si2. The summed E-state index contributed by atoms with van der Waals surface area (Å²) in [5.41, 5.74) is 0.611. The number of hydrogen-bond donors (Lipinski definition) is 0. The minimum Gasteiger partial charge on any atom is -0.462 e. The maximum atomic E-state index is 12.2. The van der Waals surface area contributed by atoms with E-state index in [2.05, 4.69) is 58.6 Å². The first-order chi connectivity index (χ1) is 14.8. The SMILES string of the molecule is CC(C)(C)[Si](C)(C)O[C@@H]1CCN2O[C@]1([Si](C)(C)C)C[C@@H]2CCCOC(=O)c1ccccc1. The lowest BCUT2D eigenvalue weighted by Crippen LogP contribution is -2.65. The first-order valence-electron chi connectivity index (χ1n) is 12.1. The predicted octanol–water partition coefficient (Wildman–Crippen LogP) is 6.04. The van der Waals surface area contributed by atoms with Crippen LogP contribution in [0.1, 0.15) is 56.8 Å². The summed E-state index contributed by atoms with van der Waals surface area (Å²) in [6.45, 7) is 20.3. The molecule has 2 saturated heterocycles. The Bertz CT molecular complexity index is 787. The maximum Gasteiger partial charge on any atom is 0.338 e. The number of esters is 1. The van der Waals surface area contributed by atoms with E-state index < -0.39 is 16.4 Å². The molecule has 2 aliphatic heterocycles. The first-order valence-corrected chi connectivity index (χ1v) is 18.5. The number of hydroxylamine groups is 2. The zero-order valence-electron chi connectivity index (χ0n) is 21.4. The number of nitrogens with zero attached hydrogens (tertiary/aromatic N) is 1. The van der Waals surface area contributed by atoms with Crippen molar-refractivity contribution in [2.24, 2.45) is 0 Å². The normalized spacial score (nSPS) is 28.6. The highest BCUT2D eigenvalue weighted by Gasteiger charge is 2.62. The highest BCUT2D eigenvalue weighted by molar-refractivity contribution is 6.79. The van der Waals surface area contributed by atoms with Gasteiger partial charge in [-0.3, -0.25) is 4.84 Å². The van der Waals surface area contributed by atoms with E-state index in [1.165, 1.54) is 0 Å². The van der Waals surface area contributed by atoms with Crippen LogP contribution in [0.2, 0.25) is 37.8 Å². The largest absolute Gasteiger partial charge is 0.462 e. The Morgan fingerprint density at radius 1 is 1.16 bits per heavy atom. The highest BCUT2D eigenvalue weighted by Crippen LogP contribution is 2.49. The van der Waals surface area contributed by atoms with Crippen molar-refractivity contribution in [1.82, 2.24) is 5.06 Å². The van der Waals surface area contributed by atoms with Gasteiger partial charge in [0, 0.05) is 12.6 Å². The van der Waals surface area contributed by atoms with Gasteiger partial charge in [-0.25, -0.2) is 4.79 Å². The summed E-state index contributed by atoms with van der Waals surface area (Å²) in [4.78, 5) is 19.0. The van der Waals surface area contributed by atoms with Crippen LogP contribution < -0.4 is 0 Å². The molecule has 0 aliphatic carbocycles. The lowest BCUT2D eigenvalue weighted by Gasteiger charge is -2.51. The van der Waals surface area contributed by atoms with Crippen molar-refractivity contribution >= 4 is 22.4 Å². The molecule has 1 aromatic rings. The van der Waals surface area contributed by atoms with Gasteiger partial charge in [0.25, 0.3) is 0 Å². The zero-order valence-corrected chi connectivity index (χ0v) is 23.4. The molecule has 0 saturated carbocycles. The summed E-state index contributed by atoms with van der Waals surface area (Å²) >= 11 is 0. The molecule has 32 heavy (non-hydrogen) atoms. The molecule has 4 atom stereocenters. The van der Waals surface area contributed by atoms with Gasteiger partial charge in [-0.2, -0.15) is 5.06 Å². The quantitative estimate of drug-likeness (QED) is 0.259. The summed E-state index contributed by atoms with van der Waals surface area (Å²) in [6.07, 6.45) is 4.05. The Hall–Kier alpha value is -0.996. The third kappa shape index (κ3) is 5.22. The molecule has 0 amide bonds. The summed E-state index contributed by atoms with van der Waals surface area (Å²) in [5, 5.41) is 2.24. The van der Waals surface area contributed by atoms with Gasteiger partial charge in [0.1, 0.15) is 5.22 Å². The van der Waals surface area contributed by atoms with Gasteiger partial charge in [0.15, 0.2) is 8.32 Å². The maximum absolute atomic E-state index is 12.2. The molecule has 5 nitrogen and oxygen atoms in total. The van der Waals surface area contributed by atoms with Crippen LogP contribution in [-0.2, 0) is 14.0 Å². The van der Waals surface area contributed by atoms with Crippen LogP contribution in [0, 0.1) is 0 Å². The van der Waals surface area contributed by atoms with Crippen molar-refractivity contribution in [3.63, 3.8) is 0 Å². The lowest BCUT2D eigenvalue weighted by atomic mass is 10.0. The Morgan fingerprint density at radius 2 is 1.81 bits per heavy atom. The van der Waals surface area contributed by atoms with E-state index in [1.54, 1.807) is 12.1 Å². The van der Waals surface area contributed by atoms with Crippen molar-refractivity contribution < 1.29 is 18.8 Å². The van der Waals surface area contributed by atoms with Crippen LogP contribution in [0.4, 0.5) is 0 Å². The molecule has 1 aromatic carbocycles. The third-order valence-corrected chi connectivity index (χ3v) is 15.4. The first kappa shape index (κ1) is 25.6. The third-order valence-electron chi connectivity index (χ3n) is 7.80. The Morgan fingerprint density at radius 3 is 2.41 bits per heavy atom. The Labute approximate surface area is 196 Å². The molecule has 0 radical (unpaired) electrons. The van der Waals surface area contributed by atoms with Gasteiger partial charge in [0.2, 0.25) is 0 Å². The molecule has 2 aliphatic rings. The van der Waals surface area contributed by atoms with Crippen LogP contribution in [-0.4, -0.2) is 57.9 Å². The Kier molecular flexibility index (Phi) is 7.47. The fourth-order valence-electron chi connectivity index (χ4n) is 4.67. The lowest BCUT2D eigenvalue weighted by molar-refractivity contribution is -0.235. The van der Waals surface area contributed by atoms with Gasteiger partial charge >= 0.3 is 5.97 Å². The van der Waals surface area contributed by atoms with Crippen LogP contribution >= 0.6 is 0 Å². The number of rotatable bonds is 8. The highest BCUT2D eigenvalue weighted by atomic mass is 28.4. The summed E-state index contributed by atoms with van der Waals surface area (Å²) in [6, 6.07) is 9.57. The van der Waals surface area contributed by atoms with Gasteiger partial charge in [-0.05, 0) is 55.9 Å². The average molecular weight is 478 g/mol. The molecular weight excluding hydrogens is 434 g/mol. The fourth-order valence-corrected chi connectivity index (χ4v) is 8.57. The van der Waals surface area contributed by atoms with E-state index in [4.69, 9.17) is 14.0 Å². The van der Waals surface area contributed by atoms with E-state index >= 15 is 0 Å². The number of benzene rings is 1. The Balaban J connectivity index is 1.62. The molecule has 0 aromatic heterocycles. The molecule has 2 heterocycles. The van der Waals surface area contributed by atoms with Crippen molar-refractivity contribution in [1.29, 1.82) is 0 Å². The van der Waals surface area contributed by atoms with Crippen molar-refractivity contribution in [3.05, 3.63) is 35.9 Å². The van der Waals surface area contributed by atoms with Gasteiger partial charge in [0.05, 0.1) is 26.3 Å². The summed E-state index contributed by atoms with van der Waals surface area (Å²) in [5.74, 6) is -0.242. The monoisotopic (exact) mass is 477 g/mol. The standard InChI is InChI=1S/C25H43NO4Si2/c1-24(2,3)32(7,8)29-22-16-17-26-21(19-25(22,30-26)31(4,5)6)15-12-18-28-23(27)20-13-10-9-11-14-20/h9-11,13-14,21-22H,12,15-19H2,1-8H3/t21-,22+,25-/m0/s1. The average Bonchev–Trinajstić information content (AvgIpc) is 3.01. The van der Waals surface area contributed by atoms with Crippen molar-refractivity contribution in [3.8, 4) is 0 Å². The van der Waals surface area contributed by atoms with Gasteiger partial charge in [-0.15, -0.1) is 0 Å². The van der Waals surface area contributed by atoms with E-state index in [9.17, 15) is 4.79 Å². The molecule has 180 valence electrons. The topological polar surface area (TPSA) is 48.0 Å². The van der Waals surface area contributed by atoms with Crippen molar-refractivity contribution in [2.75, 3.05) is 13.2 Å². The minimum atomic E-state index is -1.89. The van der Waals surface area contributed by atoms with E-state index in [-0.39, 0.29) is 22.3 Å². The molecule has 0 spiro atoms. The number of fused-ring (bicyclic) bond motifs is 2. The zero-order chi connectivity index (χ0) is 23.8. The van der Waals surface area contributed by atoms with Crippen LogP contribution in [0.25, 0.3) is 0 Å². The second kappa shape index (κ2) is 9.33. The van der Waals surface area contributed by atoms with E-state index in [0.717, 1.165) is 32.2 Å². The molecule has 7 heteroatoms. The van der Waals surface area contributed by atoms with E-state index in [1.807, 2.05) is 18.2 Å². The number of ether oxygens (including phenoxy) is 1. The van der Waals surface area contributed by atoms with Crippen LogP contribution in [0.15, 0.2) is 30.3 Å². The predicted molar refractivity (Wildman–Crippen MR) is 135 cm³/mol. The number of carbonyl (C=O) groups is 1. The minimum absolute atomic E-state index is 0.173. The molecule has 0 N–H and O–H groups in total.